The van der Waals surface area contributed by atoms with Gasteiger partial charge in [-0.25, -0.2) is 0 Å². The fourth-order valence-electron chi connectivity index (χ4n) is 4.03. The highest BCUT2D eigenvalue weighted by Gasteiger charge is 1.97. The second-order valence-electron chi connectivity index (χ2n) is 9.26. The zero-order valence-corrected chi connectivity index (χ0v) is 20.9. The Hall–Kier alpha value is -1.05. The van der Waals surface area contributed by atoms with Crippen LogP contribution in [0.3, 0.4) is 0 Å². The summed E-state index contributed by atoms with van der Waals surface area (Å²) in [7, 11) is 0. The highest BCUT2D eigenvalue weighted by atomic mass is 16.4. The lowest BCUT2D eigenvalue weighted by Gasteiger charge is -2.02. The lowest BCUT2D eigenvalue weighted by molar-refractivity contribution is -0.137. The molecule has 0 atom stereocenters. The van der Waals surface area contributed by atoms with E-state index >= 15 is 0 Å². The van der Waals surface area contributed by atoms with Crippen LogP contribution in [0.2, 0.25) is 0 Å². The molecule has 0 saturated heterocycles. The number of carbonyl (C=O) groups is 1. The predicted octanol–water partition coefficient (Wildman–Crippen LogP) is 10.2. The summed E-state index contributed by atoms with van der Waals surface area (Å²) in [6.07, 6.45) is 38.5. The summed E-state index contributed by atoms with van der Waals surface area (Å²) in [5.41, 5.74) is 0. The highest BCUT2D eigenvalue weighted by molar-refractivity contribution is 5.66. The third-order valence-electron chi connectivity index (χ3n) is 6.09. The van der Waals surface area contributed by atoms with Crippen LogP contribution in [0.4, 0.5) is 0 Å². The number of rotatable bonds is 25. The van der Waals surface area contributed by atoms with Crippen LogP contribution >= 0.6 is 0 Å². The van der Waals surface area contributed by atoms with Gasteiger partial charge in [0.2, 0.25) is 0 Å². The van der Waals surface area contributed by atoms with Gasteiger partial charge in [-0.2, -0.15) is 0 Å². The van der Waals surface area contributed by atoms with Crippen molar-refractivity contribution in [3.8, 4) is 0 Å². The molecule has 0 aliphatic heterocycles. The van der Waals surface area contributed by atoms with E-state index in [-0.39, 0.29) is 0 Å². The zero-order valence-electron chi connectivity index (χ0n) is 20.9. The minimum absolute atomic E-state index is 0.339. The summed E-state index contributed by atoms with van der Waals surface area (Å²) >= 11 is 0. The molecule has 0 rings (SSSR count). The second-order valence-corrected chi connectivity index (χ2v) is 9.26. The maximum Gasteiger partial charge on any atom is 0.303 e. The van der Waals surface area contributed by atoms with E-state index in [2.05, 4.69) is 31.2 Å². The standard InChI is InChI=1S/C29H54O2/c1-2-3-4-5-6-7-8-9-10-11-12-13-14-15-16-17-18-19-20-21-22-23-24-25-26-27-28-29(30)31/h11-12,14-15H,2-10,13,16-28H2,1H3,(H,30,31). The van der Waals surface area contributed by atoms with Crippen LogP contribution in [-0.2, 0) is 4.79 Å². The van der Waals surface area contributed by atoms with Crippen molar-refractivity contribution in [2.45, 2.75) is 155 Å². The minimum atomic E-state index is -0.656. The number of allylic oxidation sites excluding steroid dienone is 4. The van der Waals surface area contributed by atoms with Crippen molar-refractivity contribution in [3.05, 3.63) is 24.3 Å². The van der Waals surface area contributed by atoms with Gasteiger partial charge in [-0.3, -0.25) is 4.79 Å². The van der Waals surface area contributed by atoms with Gasteiger partial charge in [-0.05, 0) is 38.5 Å². The molecule has 0 aromatic rings. The predicted molar refractivity (Wildman–Crippen MR) is 138 cm³/mol. The Balaban J connectivity index is 3.16. The molecule has 182 valence electrons. The molecule has 2 nitrogen and oxygen atoms in total. The fraction of sp³-hybridized carbons (Fsp3) is 0.828. The summed E-state index contributed by atoms with van der Waals surface area (Å²) < 4.78 is 0. The molecule has 0 spiro atoms. The van der Waals surface area contributed by atoms with Crippen LogP contribution in [0.1, 0.15) is 155 Å². The Kier molecular flexibility index (Phi) is 26.1. The maximum atomic E-state index is 10.4. The van der Waals surface area contributed by atoms with E-state index in [4.69, 9.17) is 5.11 Å². The average Bonchev–Trinajstić information content (AvgIpc) is 2.76. The monoisotopic (exact) mass is 434 g/mol. The van der Waals surface area contributed by atoms with Gasteiger partial charge in [0.25, 0.3) is 0 Å². The molecule has 0 aliphatic carbocycles. The molecule has 0 aromatic carbocycles. The topological polar surface area (TPSA) is 37.3 Å². The number of hydrogen-bond donors (Lipinski definition) is 1. The smallest absolute Gasteiger partial charge is 0.303 e. The quantitative estimate of drug-likeness (QED) is 0.115. The Morgan fingerprint density at radius 3 is 1.26 bits per heavy atom. The van der Waals surface area contributed by atoms with E-state index in [0.717, 1.165) is 19.3 Å². The number of hydrogen-bond acceptors (Lipinski definition) is 1. The van der Waals surface area contributed by atoms with Gasteiger partial charge in [0.15, 0.2) is 0 Å². The number of aliphatic carboxylic acids is 1. The second kappa shape index (κ2) is 27.0. The van der Waals surface area contributed by atoms with Gasteiger partial charge in [-0.1, -0.05) is 134 Å². The van der Waals surface area contributed by atoms with Gasteiger partial charge in [0.1, 0.15) is 0 Å². The molecule has 31 heavy (non-hydrogen) atoms. The summed E-state index contributed by atoms with van der Waals surface area (Å²) in [5, 5.41) is 8.60. The van der Waals surface area contributed by atoms with E-state index in [1.807, 2.05) is 0 Å². The number of unbranched alkanes of at least 4 members (excludes halogenated alkanes) is 19. The molecular formula is C29H54O2. The molecule has 0 saturated carbocycles. The largest absolute Gasteiger partial charge is 0.481 e. The first kappa shape index (κ1) is 29.9. The van der Waals surface area contributed by atoms with Crippen molar-refractivity contribution in [1.82, 2.24) is 0 Å². The molecule has 0 fully saturated rings. The summed E-state index contributed by atoms with van der Waals surface area (Å²) in [5.74, 6) is -0.656. The van der Waals surface area contributed by atoms with Crippen LogP contribution in [0, 0.1) is 0 Å². The van der Waals surface area contributed by atoms with Crippen molar-refractivity contribution in [2.24, 2.45) is 0 Å². The molecular weight excluding hydrogens is 380 g/mol. The van der Waals surface area contributed by atoms with Crippen LogP contribution < -0.4 is 0 Å². The molecule has 0 radical (unpaired) electrons. The van der Waals surface area contributed by atoms with Gasteiger partial charge in [-0.15, -0.1) is 0 Å². The third-order valence-corrected chi connectivity index (χ3v) is 6.09. The van der Waals surface area contributed by atoms with E-state index in [0.29, 0.717) is 6.42 Å². The first-order valence-corrected chi connectivity index (χ1v) is 13.8. The molecule has 0 heterocycles. The molecule has 2 heteroatoms. The van der Waals surface area contributed by atoms with Crippen molar-refractivity contribution in [1.29, 1.82) is 0 Å². The summed E-state index contributed by atoms with van der Waals surface area (Å²) in [6.45, 7) is 2.28. The zero-order chi connectivity index (χ0) is 22.7. The Morgan fingerprint density at radius 2 is 0.871 bits per heavy atom. The summed E-state index contributed by atoms with van der Waals surface area (Å²) in [6, 6.07) is 0. The first-order chi connectivity index (χ1) is 15.3. The average molecular weight is 435 g/mol. The molecule has 0 amide bonds. The third kappa shape index (κ3) is 28.9. The Labute approximate surface area is 195 Å². The molecule has 1 N–H and O–H groups in total. The lowest BCUT2D eigenvalue weighted by atomic mass is 10.0. The minimum Gasteiger partial charge on any atom is -0.481 e. The van der Waals surface area contributed by atoms with E-state index < -0.39 is 5.97 Å². The molecule has 0 aliphatic rings. The first-order valence-electron chi connectivity index (χ1n) is 13.8. The van der Waals surface area contributed by atoms with E-state index in [1.54, 1.807) is 0 Å². The van der Waals surface area contributed by atoms with Crippen LogP contribution in [0.15, 0.2) is 24.3 Å². The summed E-state index contributed by atoms with van der Waals surface area (Å²) in [4.78, 5) is 10.4. The van der Waals surface area contributed by atoms with Gasteiger partial charge < -0.3 is 5.11 Å². The maximum absolute atomic E-state index is 10.4. The number of carboxylic acid groups (broad SMARTS) is 1. The highest BCUT2D eigenvalue weighted by Crippen LogP contribution is 2.13. The Bertz CT molecular complexity index is 411. The van der Waals surface area contributed by atoms with Crippen LogP contribution in [0.5, 0.6) is 0 Å². The number of carboxylic acids is 1. The molecule has 0 aromatic heterocycles. The molecule has 0 bridgehead atoms. The fourth-order valence-corrected chi connectivity index (χ4v) is 4.03. The van der Waals surface area contributed by atoms with Crippen molar-refractivity contribution < 1.29 is 9.90 Å². The van der Waals surface area contributed by atoms with E-state index in [9.17, 15) is 4.79 Å². The SMILES string of the molecule is CCCCCCCCCCC=CCC=CCCCCCCCCCCCCCC(=O)O. The van der Waals surface area contributed by atoms with Crippen LogP contribution in [-0.4, -0.2) is 11.1 Å². The van der Waals surface area contributed by atoms with Gasteiger partial charge >= 0.3 is 5.97 Å². The van der Waals surface area contributed by atoms with Crippen LogP contribution in [0.25, 0.3) is 0 Å². The normalized spacial score (nSPS) is 11.8. The van der Waals surface area contributed by atoms with Crippen molar-refractivity contribution in [2.75, 3.05) is 0 Å². The van der Waals surface area contributed by atoms with Gasteiger partial charge in [0, 0.05) is 6.42 Å². The lowest BCUT2D eigenvalue weighted by Crippen LogP contribution is -1.93. The Morgan fingerprint density at radius 1 is 0.516 bits per heavy atom. The van der Waals surface area contributed by atoms with Crippen molar-refractivity contribution in [3.63, 3.8) is 0 Å². The van der Waals surface area contributed by atoms with Gasteiger partial charge in [0.05, 0.1) is 0 Å². The molecule has 0 unspecified atom stereocenters. The van der Waals surface area contributed by atoms with E-state index in [1.165, 1.54) is 122 Å². The van der Waals surface area contributed by atoms with Crippen molar-refractivity contribution >= 4 is 5.97 Å².